The molecule has 1 aliphatic rings. The normalized spacial score (nSPS) is 27.7. The lowest BCUT2D eigenvalue weighted by Gasteiger charge is -2.26. The van der Waals surface area contributed by atoms with Gasteiger partial charge in [0, 0.05) is 31.5 Å². The van der Waals surface area contributed by atoms with Crippen LogP contribution in [0, 0.1) is 11.3 Å². The Morgan fingerprint density at radius 3 is 3.24 bits per heavy atom. The third kappa shape index (κ3) is 2.54. The average molecular weight is 233 g/mol. The number of nitriles is 1. The van der Waals surface area contributed by atoms with Crippen LogP contribution in [0.5, 0.6) is 0 Å². The Morgan fingerprint density at radius 1 is 1.76 bits per heavy atom. The summed E-state index contributed by atoms with van der Waals surface area (Å²) in [7, 11) is 0. The molecule has 5 heteroatoms. The summed E-state index contributed by atoms with van der Waals surface area (Å²) in [4.78, 5) is 3.88. The average Bonchev–Trinajstić information content (AvgIpc) is 2.68. The quantitative estimate of drug-likeness (QED) is 0.811. The number of nitrogens with one attached hydrogen (secondary N) is 1. The van der Waals surface area contributed by atoms with Gasteiger partial charge in [0.1, 0.15) is 17.4 Å². The smallest absolute Gasteiger partial charge is 0.142 e. The fourth-order valence-corrected chi connectivity index (χ4v) is 1.86. The maximum Gasteiger partial charge on any atom is 0.142 e. The summed E-state index contributed by atoms with van der Waals surface area (Å²) < 4.78 is 5.35. The maximum absolute atomic E-state index is 10.3. The van der Waals surface area contributed by atoms with Crippen LogP contribution in [-0.4, -0.2) is 34.9 Å². The Morgan fingerprint density at radius 2 is 2.59 bits per heavy atom. The van der Waals surface area contributed by atoms with Crippen molar-refractivity contribution in [2.45, 2.75) is 25.0 Å². The monoisotopic (exact) mass is 233 g/mol. The molecule has 2 rings (SSSR count). The number of hydrogen-bond donors (Lipinski definition) is 2. The van der Waals surface area contributed by atoms with E-state index in [-0.39, 0.29) is 6.10 Å². The van der Waals surface area contributed by atoms with Crippen molar-refractivity contribution in [3.05, 3.63) is 24.0 Å². The van der Waals surface area contributed by atoms with Gasteiger partial charge in [-0.1, -0.05) is 0 Å². The van der Waals surface area contributed by atoms with Crippen molar-refractivity contribution in [1.82, 2.24) is 4.98 Å². The lowest BCUT2D eigenvalue weighted by atomic mass is 9.96. The molecule has 2 atom stereocenters. The van der Waals surface area contributed by atoms with E-state index in [2.05, 4.69) is 10.3 Å². The predicted octanol–water partition coefficient (Wildman–Crippen LogP) is 0.905. The number of hydrogen-bond acceptors (Lipinski definition) is 5. The van der Waals surface area contributed by atoms with Crippen LogP contribution >= 0.6 is 0 Å². The van der Waals surface area contributed by atoms with E-state index in [0.717, 1.165) is 5.69 Å². The molecule has 0 amide bonds. The first-order chi connectivity index (χ1) is 8.14. The summed E-state index contributed by atoms with van der Waals surface area (Å²) in [6.07, 6.45) is 2.02. The lowest BCUT2D eigenvalue weighted by molar-refractivity contribution is -0.0175. The maximum atomic E-state index is 10.3. The van der Waals surface area contributed by atoms with E-state index >= 15 is 0 Å². The van der Waals surface area contributed by atoms with Gasteiger partial charge in [-0.3, -0.25) is 0 Å². The van der Waals surface area contributed by atoms with Gasteiger partial charge in [-0.2, -0.15) is 5.26 Å². The summed E-state index contributed by atoms with van der Waals surface area (Å²) in [5, 5.41) is 22.1. The van der Waals surface area contributed by atoms with Gasteiger partial charge in [-0.05, 0) is 19.1 Å². The molecular weight excluding hydrogens is 218 g/mol. The number of pyridine rings is 1. The lowest BCUT2D eigenvalue weighted by Crippen LogP contribution is -2.43. The van der Waals surface area contributed by atoms with Gasteiger partial charge in [-0.15, -0.1) is 0 Å². The van der Waals surface area contributed by atoms with Crippen molar-refractivity contribution in [2.24, 2.45) is 0 Å². The van der Waals surface area contributed by atoms with Gasteiger partial charge in [-0.25, -0.2) is 4.98 Å². The van der Waals surface area contributed by atoms with Crippen LogP contribution in [0.15, 0.2) is 18.3 Å². The van der Waals surface area contributed by atoms with Crippen LogP contribution in [0.2, 0.25) is 0 Å². The fraction of sp³-hybridized carbons (Fsp3) is 0.500. The molecule has 5 nitrogen and oxygen atoms in total. The van der Waals surface area contributed by atoms with Crippen LogP contribution in [0.25, 0.3) is 0 Å². The summed E-state index contributed by atoms with van der Waals surface area (Å²) in [6.45, 7) is 2.85. The highest BCUT2D eigenvalue weighted by Gasteiger charge is 2.39. The summed E-state index contributed by atoms with van der Waals surface area (Å²) in [6, 6.07) is 5.40. The zero-order chi connectivity index (χ0) is 12.3. The second-order valence-electron chi connectivity index (χ2n) is 4.26. The molecule has 2 N–H and O–H groups in total. The molecule has 2 unspecified atom stereocenters. The molecule has 1 saturated heterocycles. The van der Waals surface area contributed by atoms with E-state index in [1.165, 1.54) is 0 Å². The van der Waals surface area contributed by atoms with Crippen LogP contribution in [0.1, 0.15) is 19.0 Å². The predicted molar refractivity (Wildman–Crippen MR) is 62.4 cm³/mol. The minimum Gasteiger partial charge on any atom is -0.385 e. The zero-order valence-corrected chi connectivity index (χ0v) is 9.68. The van der Waals surface area contributed by atoms with Crippen molar-refractivity contribution in [1.29, 1.82) is 5.26 Å². The van der Waals surface area contributed by atoms with Crippen LogP contribution in [-0.2, 0) is 4.74 Å². The molecule has 0 aliphatic carbocycles. The van der Waals surface area contributed by atoms with Crippen LogP contribution in [0.3, 0.4) is 0 Å². The Labute approximate surface area is 100 Å². The number of rotatable bonds is 3. The van der Waals surface area contributed by atoms with Crippen molar-refractivity contribution >= 4 is 5.69 Å². The van der Waals surface area contributed by atoms with E-state index < -0.39 is 5.60 Å². The van der Waals surface area contributed by atoms with E-state index in [4.69, 9.17) is 10.00 Å². The van der Waals surface area contributed by atoms with Gasteiger partial charge in [0.05, 0.1) is 6.10 Å². The van der Waals surface area contributed by atoms with Gasteiger partial charge >= 0.3 is 0 Å². The largest absolute Gasteiger partial charge is 0.385 e. The van der Waals surface area contributed by atoms with Gasteiger partial charge in [0.25, 0.3) is 0 Å². The van der Waals surface area contributed by atoms with E-state index in [9.17, 15) is 5.11 Å². The third-order valence-electron chi connectivity index (χ3n) is 3.13. The van der Waals surface area contributed by atoms with Gasteiger partial charge in [0.15, 0.2) is 0 Å². The Bertz CT molecular complexity index is 444. The molecule has 0 bridgehead atoms. The molecule has 0 spiro atoms. The van der Waals surface area contributed by atoms with Crippen LogP contribution < -0.4 is 5.32 Å². The number of aliphatic hydroxyl groups is 1. The summed E-state index contributed by atoms with van der Waals surface area (Å²) >= 11 is 0. The minimum atomic E-state index is -0.837. The first-order valence-electron chi connectivity index (χ1n) is 5.58. The molecule has 90 valence electrons. The van der Waals surface area contributed by atoms with Crippen molar-refractivity contribution < 1.29 is 9.84 Å². The van der Waals surface area contributed by atoms with Crippen LogP contribution in [0.4, 0.5) is 5.69 Å². The fourth-order valence-electron chi connectivity index (χ4n) is 1.86. The molecule has 0 saturated carbocycles. The molecule has 1 aromatic rings. The van der Waals surface area contributed by atoms with E-state index in [1.54, 1.807) is 18.3 Å². The molecule has 2 heterocycles. The molecule has 1 fully saturated rings. The van der Waals surface area contributed by atoms with Crippen molar-refractivity contribution in [3.63, 3.8) is 0 Å². The molecule has 0 radical (unpaired) electrons. The van der Waals surface area contributed by atoms with Gasteiger partial charge in [0.2, 0.25) is 0 Å². The summed E-state index contributed by atoms with van der Waals surface area (Å²) in [5.41, 5.74) is 0.303. The highest BCUT2D eigenvalue weighted by atomic mass is 16.5. The minimum absolute atomic E-state index is 0.174. The number of nitrogens with zero attached hydrogens (tertiary/aromatic N) is 2. The SMILES string of the molecule is CC1OCCC1(O)CNc1ccnc(C#N)c1. The standard InChI is InChI=1S/C12H15N3O2/c1-9-12(16,3-5-17-9)8-15-10-2-4-14-11(6-10)7-13/h2,4,6,9,16H,3,5,8H2,1H3,(H,14,15). The number of aromatic nitrogens is 1. The van der Waals surface area contributed by atoms with Crippen molar-refractivity contribution in [3.8, 4) is 6.07 Å². The highest BCUT2D eigenvalue weighted by Crippen LogP contribution is 2.26. The Balaban J connectivity index is 2.00. The Kier molecular flexibility index (Phi) is 3.27. The first-order valence-corrected chi connectivity index (χ1v) is 5.58. The van der Waals surface area contributed by atoms with Crippen molar-refractivity contribution in [2.75, 3.05) is 18.5 Å². The molecule has 17 heavy (non-hydrogen) atoms. The van der Waals surface area contributed by atoms with Gasteiger partial charge < -0.3 is 15.2 Å². The first kappa shape index (κ1) is 11.8. The third-order valence-corrected chi connectivity index (χ3v) is 3.13. The van der Waals surface area contributed by atoms with E-state index in [0.29, 0.717) is 25.3 Å². The second kappa shape index (κ2) is 4.70. The zero-order valence-electron chi connectivity index (χ0n) is 9.68. The molecular formula is C12H15N3O2. The second-order valence-corrected chi connectivity index (χ2v) is 4.26. The number of anilines is 1. The molecule has 1 aromatic heterocycles. The topological polar surface area (TPSA) is 78.2 Å². The highest BCUT2D eigenvalue weighted by molar-refractivity contribution is 5.46. The number of ether oxygens (including phenoxy) is 1. The molecule has 1 aliphatic heterocycles. The van der Waals surface area contributed by atoms with E-state index in [1.807, 2.05) is 13.0 Å². The summed E-state index contributed by atoms with van der Waals surface area (Å²) in [5.74, 6) is 0. The molecule has 0 aromatic carbocycles. The Hall–Kier alpha value is -1.64.